The van der Waals surface area contributed by atoms with Gasteiger partial charge >= 0.3 is 0 Å². The maximum atomic E-state index is 8.71. The van der Waals surface area contributed by atoms with E-state index in [1.54, 1.807) is 6.20 Å². The van der Waals surface area contributed by atoms with Crippen LogP contribution < -0.4 is 10.6 Å². The van der Waals surface area contributed by atoms with Gasteiger partial charge in [-0.3, -0.25) is 0 Å². The van der Waals surface area contributed by atoms with Gasteiger partial charge in [0.25, 0.3) is 0 Å². The number of hydrogen-bond donors (Lipinski definition) is 2. The number of aliphatic hydroxyl groups is 1. The number of unbranched alkanes of at least 4 members (excludes halogenated alkanes) is 2. The summed E-state index contributed by atoms with van der Waals surface area (Å²) in [5.41, 5.74) is 6.47. The average Bonchev–Trinajstić information content (AvgIpc) is 2.34. The van der Waals surface area contributed by atoms with E-state index in [1.807, 2.05) is 24.1 Å². The Hall–Kier alpha value is -1.20. The highest BCUT2D eigenvalue weighted by Crippen LogP contribution is 2.16. The Kier molecular flexibility index (Phi) is 5.86. The second-order valence-corrected chi connectivity index (χ2v) is 4.38. The summed E-state index contributed by atoms with van der Waals surface area (Å²) in [4.78, 5) is 6.73. The first-order valence-electron chi connectivity index (χ1n) is 5.73. The van der Waals surface area contributed by atoms with Crippen LogP contribution in [0.3, 0.4) is 0 Å². The molecule has 3 N–H and O–H groups in total. The Labute approximate surface area is 107 Å². The van der Waals surface area contributed by atoms with Crippen LogP contribution in [0.2, 0.25) is 0 Å². The van der Waals surface area contributed by atoms with Crippen LogP contribution in [-0.2, 0) is 0 Å². The maximum Gasteiger partial charge on any atom is 0.138 e. The third-order valence-electron chi connectivity index (χ3n) is 2.57. The fourth-order valence-electron chi connectivity index (χ4n) is 1.64. The van der Waals surface area contributed by atoms with Gasteiger partial charge in [-0.2, -0.15) is 0 Å². The van der Waals surface area contributed by atoms with Crippen LogP contribution in [-0.4, -0.2) is 35.3 Å². The lowest BCUT2D eigenvalue weighted by atomic mass is 10.2. The van der Waals surface area contributed by atoms with E-state index in [1.165, 1.54) is 0 Å². The number of aliphatic hydroxyl groups excluding tert-OH is 1. The SMILES string of the molecule is CN(CCCCCO)c1ncccc1C(N)=S. The topological polar surface area (TPSA) is 62.4 Å². The molecular formula is C12H19N3OS. The van der Waals surface area contributed by atoms with Crippen molar-refractivity contribution in [2.75, 3.05) is 25.1 Å². The molecule has 0 amide bonds. The van der Waals surface area contributed by atoms with Crippen molar-refractivity contribution < 1.29 is 5.11 Å². The van der Waals surface area contributed by atoms with Gasteiger partial charge in [0.1, 0.15) is 10.8 Å². The largest absolute Gasteiger partial charge is 0.396 e. The Morgan fingerprint density at radius 1 is 1.47 bits per heavy atom. The quantitative estimate of drug-likeness (QED) is 0.567. The van der Waals surface area contributed by atoms with Gasteiger partial charge in [-0.05, 0) is 31.4 Å². The molecule has 94 valence electrons. The summed E-state index contributed by atoms with van der Waals surface area (Å²) in [7, 11) is 1.98. The number of pyridine rings is 1. The molecule has 0 saturated carbocycles. The summed E-state index contributed by atoms with van der Waals surface area (Å²) in [6.07, 6.45) is 4.61. The molecule has 17 heavy (non-hydrogen) atoms. The first kappa shape index (κ1) is 13.9. The average molecular weight is 253 g/mol. The summed E-state index contributed by atoms with van der Waals surface area (Å²) in [6.45, 7) is 1.14. The molecule has 0 unspecified atom stereocenters. The predicted molar refractivity (Wildman–Crippen MR) is 74.3 cm³/mol. The fourth-order valence-corrected chi connectivity index (χ4v) is 1.80. The highest BCUT2D eigenvalue weighted by Gasteiger charge is 2.09. The minimum atomic E-state index is 0.255. The molecule has 0 aliphatic carbocycles. The smallest absolute Gasteiger partial charge is 0.138 e. The Morgan fingerprint density at radius 2 is 2.24 bits per heavy atom. The molecule has 0 saturated heterocycles. The second-order valence-electron chi connectivity index (χ2n) is 3.94. The molecule has 1 aromatic rings. The van der Waals surface area contributed by atoms with E-state index in [-0.39, 0.29) is 6.61 Å². The van der Waals surface area contributed by atoms with E-state index >= 15 is 0 Å². The standard InChI is InChI=1S/C12H19N3OS/c1-15(8-3-2-4-9-16)12-10(11(13)17)6-5-7-14-12/h5-7,16H,2-4,8-9H2,1H3,(H2,13,17). The molecule has 0 aliphatic heterocycles. The van der Waals surface area contributed by atoms with E-state index in [2.05, 4.69) is 4.98 Å². The second kappa shape index (κ2) is 7.19. The molecule has 0 radical (unpaired) electrons. The molecule has 4 nitrogen and oxygen atoms in total. The van der Waals surface area contributed by atoms with Crippen LogP contribution in [0.15, 0.2) is 18.3 Å². The van der Waals surface area contributed by atoms with E-state index in [4.69, 9.17) is 23.1 Å². The van der Waals surface area contributed by atoms with E-state index in [9.17, 15) is 0 Å². The van der Waals surface area contributed by atoms with Crippen molar-refractivity contribution in [3.8, 4) is 0 Å². The van der Waals surface area contributed by atoms with Crippen LogP contribution in [0.5, 0.6) is 0 Å². The molecule has 1 rings (SSSR count). The van der Waals surface area contributed by atoms with Crippen molar-refractivity contribution in [3.63, 3.8) is 0 Å². The molecule has 1 aromatic heterocycles. The van der Waals surface area contributed by atoms with E-state index in [0.29, 0.717) is 4.99 Å². The summed E-state index contributed by atoms with van der Waals surface area (Å²) in [5.74, 6) is 0.823. The third kappa shape index (κ3) is 4.28. The molecule has 0 bridgehead atoms. The summed E-state index contributed by atoms with van der Waals surface area (Å²) in [5, 5.41) is 8.71. The number of anilines is 1. The minimum absolute atomic E-state index is 0.255. The zero-order valence-electron chi connectivity index (χ0n) is 10.1. The van der Waals surface area contributed by atoms with Crippen molar-refractivity contribution in [2.24, 2.45) is 5.73 Å². The van der Waals surface area contributed by atoms with Gasteiger partial charge in [0.15, 0.2) is 0 Å². The molecule has 5 heteroatoms. The lowest BCUT2D eigenvalue weighted by Crippen LogP contribution is -2.24. The van der Waals surface area contributed by atoms with Gasteiger partial charge in [0.05, 0.1) is 5.56 Å². The van der Waals surface area contributed by atoms with Crippen molar-refractivity contribution in [3.05, 3.63) is 23.9 Å². The summed E-state index contributed by atoms with van der Waals surface area (Å²) < 4.78 is 0. The number of nitrogens with two attached hydrogens (primary N) is 1. The van der Waals surface area contributed by atoms with Gasteiger partial charge in [-0.25, -0.2) is 4.98 Å². The minimum Gasteiger partial charge on any atom is -0.396 e. The zero-order chi connectivity index (χ0) is 12.7. The number of rotatable bonds is 7. The van der Waals surface area contributed by atoms with Crippen LogP contribution in [0.1, 0.15) is 24.8 Å². The number of hydrogen-bond acceptors (Lipinski definition) is 4. The molecule has 0 spiro atoms. The van der Waals surface area contributed by atoms with Crippen LogP contribution in [0.4, 0.5) is 5.82 Å². The Morgan fingerprint density at radius 3 is 2.88 bits per heavy atom. The first-order valence-corrected chi connectivity index (χ1v) is 6.14. The van der Waals surface area contributed by atoms with Gasteiger partial charge in [0.2, 0.25) is 0 Å². The van der Waals surface area contributed by atoms with Gasteiger partial charge in [-0.15, -0.1) is 0 Å². The molecule has 0 fully saturated rings. The van der Waals surface area contributed by atoms with Gasteiger partial charge in [0, 0.05) is 26.4 Å². The van der Waals surface area contributed by atoms with Crippen LogP contribution >= 0.6 is 12.2 Å². The van der Waals surface area contributed by atoms with Gasteiger partial charge in [-0.1, -0.05) is 12.2 Å². The monoisotopic (exact) mass is 253 g/mol. The summed E-state index contributed by atoms with van der Waals surface area (Å²) >= 11 is 5.00. The lowest BCUT2D eigenvalue weighted by molar-refractivity contribution is 0.283. The number of nitrogens with zero attached hydrogens (tertiary/aromatic N) is 2. The van der Waals surface area contributed by atoms with Gasteiger partial charge < -0.3 is 15.7 Å². The highest BCUT2D eigenvalue weighted by atomic mass is 32.1. The number of thiocarbonyl (C=S) groups is 1. The molecule has 0 atom stereocenters. The Bertz CT molecular complexity index is 371. The highest BCUT2D eigenvalue weighted by molar-refractivity contribution is 7.80. The lowest BCUT2D eigenvalue weighted by Gasteiger charge is -2.20. The Balaban J connectivity index is 2.62. The van der Waals surface area contributed by atoms with E-state index < -0.39 is 0 Å². The van der Waals surface area contributed by atoms with Crippen LogP contribution in [0.25, 0.3) is 0 Å². The summed E-state index contributed by atoms with van der Waals surface area (Å²) in [6, 6.07) is 3.71. The molecule has 0 aromatic carbocycles. The van der Waals surface area contributed by atoms with Crippen LogP contribution in [0, 0.1) is 0 Å². The molecular weight excluding hydrogens is 234 g/mol. The van der Waals surface area contributed by atoms with Crippen molar-refractivity contribution in [1.82, 2.24) is 4.98 Å². The maximum absolute atomic E-state index is 8.71. The molecule has 1 heterocycles. The zero-order valence-corrected chi connectivity index (χ0v) is 10.9. The first-order chi connectivity index (χ1) is 8.16. The van der Waals surface area contributed by atoms with E-state index in [0.717, 1.165) is 37.2 Å². The predicted octanol–water partition coefficient (Wildman–Crippen LogP) is 1.31. The number of aromatic nitrogens is 1. The van der Waals surface area contributed by atoms with Crippen molar-refractivity contribution >= 4 is 23.0 Å². The third-order valence-corrected chi connectivity index (χ3v) is 2.79. The normalized spacial score (nSPS) is 10.2. The fraction of sp³-hybridized carbons (Fsp3) is 0.500. The van der Waals surface area contributed by atoms with Crippen molar-refractivity contribution in [2.45, 2.75) is 19.3 Å². The van der Waals surface area contributed by atoms with Crippen molar-refractivity contribution in [1.29, 1.82) is 0 Å². The molecule has 0 aliphatic rings.